The first-order chi connectivity index (χ1) is 63.3. The van der Waals surface area contributed by atoms with Crippen molar-refractivity contribution in [1.82, 2.24) is 0 Å². The molecule has 10 aromatic carbocycles. The standard InChI is InChI=1S/C23H21NS.C22H25NS.C21H31NS.C20H29NS.C18H19NS.C16H23NS/c1-17-11-9-10-16-21(17)24-18(2)22(19-12-5-3-6-13-19)25-23(24)20-14-7-4-8-15-20;1-16-10-6-9-15-20(16)23-17(2)21(18-11-7-8-12-18)24-22(23)19-13-4-3-5-14-19;1-15-11-9-10-14-18(15)22-16(2)19(17-12-7-6-8-13-17)23-20(22)21(3,4)5;1-14-10-6-9-13-17(14)21-15(2)18(16-11-7-8-12-16)22-19(21)20(3,4)5;1-13-9-7-8-12-17(13)19-14(2)15(3)20-18(19)16-10-5-4-6-11-16;1-11-9-7-8-10-14(11)17-12(2)13(3)18-15(17)16(4,5)6/h3-16,23H,1-2H3;3-6,9-10,13-15,18,22H,7-8,11-12H2,1-2H3;9-11,14,17,20H,6-8,12-13H2,1-5H3;6,9-10,13,16,19H,7-8,11-12H2,1-5H3;4-12,18H,1-3H3;7-10,15H,1-6H3. The normalized spacial score (nSPS) is 21.0. The summed E-state index contributed by atoms with van der Waals surface area (Å²) in [6.07, 6.45) is 18.1. The summed E-state index contributed by atoms with van der Waals surface area (Å²) < 4.78 is 0. The number of benzene rings is 10. The first-order valence-electron chi connectivity index (χ1n) is 48.8. The molecule has 10 aromatic rings. The van der Waals surface area contributed by atoms with Gasteiger partial charge in [0.1, 0.15) is 16.1 Å². The van der Waals surface area contributed by atoms with Crippen molar-refractivity contribution < 1.29 is 0 Å². The number of hydrogen-bond acceptors (Lipinski definition) is 12. The lowest BCUT2D eigenvalue weighted by Gasteiger charge is -2.37. The first-order valence-corrected chi connectivity index (χ1v) is 54.1. The Kier molecular flexibility index (Phi) is 33.6. The molecule has 132 heavy (non-hydrogen) atoms. The molecule has 3 saturated carbocycles. The highest BCUT2D eigenvalue weighted by atomic mass is 32.2. The summed E-state index contributed by atoms with van der Waals surface area (Å²) >= 11 is 12.3. The van der Waals surface area contributed by atoms with E-state index in [0.29, 0.717) is 26.9 Å². The molecule has 694 valence electrons. The number of thioether (sulfide) groups is 6. The van der Waals surface area contributed by atoms with Gasteiger partial charge >= 0.3 is 0 Å². The molecule has 6 heterocycles. The van der Waals surface area contributed by atoms with Gasteiger partial charge in [0, 0.05) is 97.7 Å². The van der Waals surface area contributed by atoms with Crippen LogP contribution in [-0.2, 0) is 0 Å². The number of aryl methyl sites for hydroxylation is 6. The summed E-state index contributed by atoms with van der Waals surface area (Å²) in [7, 11) is 0. The van der Waals surface area contributed by atoms with Gasteiger partial charge in [-0.25, -0.2) is 0 Å². The Balaban J connectivity index is 0.000000128. The monoisotopic (exact) mass is 1870 g/mol. The van der Waals surface area contributed by atoms with E-state index in [4.69, 9.17) is 0 Å². The average Bonchev–Trinajstić information content (AvgIpc) is 1.60. The van der Waals surface area contributed by atoms with Crippen molar-refractivity contribution in [3.05, 3.63) is 381 Å². The van der Waals surface area contributed by atoms with Crippen LogP contribution in [-0.4, -0.2) is 16.1 Å². The fourth-order valence-electron chi connectivity index (χ4n) is 20.3. The molecule has 0 amide bonds. The third-order valence-corrected chi connectivity index (χ3v) is 38.0. The molecule has 0 radical (unpaired) electrons. The zero-order valence-corrected chi connectivity index (χ0v) is 88.3. The van der Waals surface area contributed by atoms with Gasteiger partial charge in [-0.1, -0.05) is 373 Å². The van der Waals surface area contributed by atoms with E-state index in [1.807, 2.05) is 35.3 Å². The van der Waals surface area contributed by atoms with E-state index in [0.717, 1.165) is 17.8 Å². The molecule has 0 saturated heterocycles. The highest BCUT2D eigenvalue weighted by Crippen LogP contribution is 2.60. The molecule has 6 unspecified atom stereocenters. The molecule has 3 aliphatic carbocycles. The van der Waals surface area contributed by atoms with Crippen LogP contribution in [0.25, 0.3) is 4.91 Å². The van der Waals surface area contributed by atoms with E-state index < -0.39 is 0 Å². The maximum Gasteiger partial charge on any atom is 0.110 e. The molecular weight excluding hydrogens is 1720 g/mol. The predicted molar refractivity (Wildman–Crippen MR) is 589 cm³/mol. The fraction of sp³-hybridized carbons (Fsp3) is 0.400. The zero-order valence-electron chi connectivity index (χ0n) is 83.4. The molecule has 6 atom stereocenters. The zero-order chi connectivity index (χ0) is 93.9. The van der Waals surface area contributed by atoms with Crippen molar-refractivity contribution >= 4 is 110 Å². The van der Waals surface area contributed by atoms with Crippen LogP contribution in [0.5, 0.6) is 0 Å². The van der Waals surface area contributed by atoms with E-state index >= 15 is 0 Å². The van der Waals surface area contributed by atoms with Gasteiger partial charge in [0.15, 0.2) is 0 Å². The van der Waals surface area contributed by atoms with Crippen LogP contribution in [0.2, 0.25) is 0 Å². The van der Waals surface area contributed by atoms with Gasteiger partial charge in [0.2, 0.25) is 0 Å². The number of para-hydroxylation sites is 6. The van der Waals surface area contributed by atoms with E-state index in [9.17, 15) is 0 Å². The summed E-state index contributed by atoms with van der Waals surface area (Å²) in [4.78, 5) is 24.5. The van der Waals surface area contributed by atoms with Crippen LogP contribution in [0.1, 0.15) is 273 Å². The van der Waals surface area contributed by atoms with Crippen molar-refractivity contribution in [1.29, 1.82) is 0 Å². The molecule has 9 aliphatic rings. The molecule has 19 rings (SSSR count). The lowest BCUT2D eigenvalue weighted by Crippen LogP contribution is -2.38. The quantitative estimate of drug-likeness (QED) is 0.110. The number of anilines is 6. The topological polar surface area (TPSA) is 19.4 Å². The molecule has 3 fully saturated rings. The Bertz CT molecular complexity index is 5750. The van der Waals surface area contributed by atoms with Crippen molar-refractivity contribution in [3.63, 3.8) is 0 Å². The number of allylic oxidation sites excluding steroid dienone is 11. The van der Waals surface area contributed by atoms with Gasteiger partial charge in [-0.05, 0) is 261 Å². The van der Waals surface area contributed by atoms with Crippen LogP contribution < -0.4 is 29.4 Å². The molecule has 0 bridgehead atoms. The maximum atomic E-state index is 2.63. The Morgan fingerprint density at radius 3 is 0.765 bits per heavy atom. The average molecular weight is 1870 g/mol. The van der Waals surface area contributed by atoms with Gasteiger partial charge in [-0.3, -0.25) is 0 Å². The van der Waals surface area contributed by atoms with Crippen molar-refractivity contribution in [2.45, 2.75) is 275 Å². The van der Waals surface area contributed by atoms with Gasteiger partial charge in [0.25, 0.3) is 0 Å². The number of rotatable bonds is 13. The molecule has 0 aromatic heterocycles. The summed E-state index contributed by atoms with van der Waals surface area (Å²) in [5, 5.41) is 2.46. The molecule has 6 aliphatic heterocycles. The van der Waals surface area contributed by atoms with Crippen molar-refractivity contribution in [2.75, 3.05) is 29.4 Å². The van der Waals surface area contributed by atoms with Gasteiger partial charge in [0.05, 0.1) is 16.1 Å². The second kappa shape index (κ2) is 44.6. The lowest BCUT2D eigenvalue weighted by atomic mass is 9.88. The molecule has 6 nitrogen and oxygen atoms in total. The Labute approximate surface area is 822 Å². The van der Waals surface area contributed by atoms with Crippen LogP contribution in [0.15, 0.2) is 326 Å². The van der Waals surface area contributed by atoms with Crippen molar-refractivity contribution in [2.24, 2.45) is 34.0 Å². The third kappa shape index (κ3) is 22.9. The molecule has 12 heteroatoms. The smallest absolute Gasteiger partial charge is 0.110 e. The minimum absolute atomic E-state index is 0.255. The number of hydrogen-bond donors (Lipinski definition) is 0. The Hall–Kier alpha value is -8.46. The second-order valence-corrected chi connectivity index (χ2v) is 47.8. The third-order valence-electron chi connectivity index (χ3n) is 27.7. The molecule has 0 spiro atoms. The summed E-state index contributed by atoms with van der Waals surface area (Å²) in [5.74, 6) is 2.38. The minimum Gasteiger partial charge on any atom is -0.331 e. The van der Waals surface area contributed by atoms with Gasteiger partial charge in [-0.15, -0.1) is 35.3 Å². The minimum atomic E-state index is 0.255. The summed E-state index contributed by atoms with van der Waals surface area (Å²) in [5.41, 5.74) is 30.9. The Morgan fingerprint density at radius 2 is 0.439 bits per heavy atom. The van der Waals surface area contributed by atoms with E-state index in [1.54, 1.807) is 14.7 Å². The summed E-state index contributed by atoms with van der Waals surface area (Å²) in [6.45, 7) is 52.7. The summed E-state index contributed by atoms with van der Waals surface area (Å²) in [6, 6.07) is 95.7. The molecule has 0 N–H and O–H groups in total. The van der Waals surface area contributed by atoms with Crippen LogP contribution in [0.3, 0.4) is 0 Å². The highest BCUT2D eigenvalue weighted by molar-refractivity contribution is 8.09. The lowest BCUT2D eigenvalue weighted by molar-refractivity contribution is 0.395. The SMILES string of the molecule is CC1=C(C)N(c2ccccc2C)C(C(C)(C)C)S1.CC1=C(C)N(c2ccccc2C)C(c2ccccc2)S1.CC1=C(C2CCCC2)SC(C(C)(C)C)N1c1ccccc1C.CC1=C(C2CCCC2)SC(c2ccccc2)N1c1ccccc1C.CC1=C(C2CCCCC2)SC(C(C)(C)C)N1c1ccccc1C.CC1=C(c2ccccc2)SC(c2ccccc2)N1c1ccccc1C. The van der Waals surface area contributed by atoms with Gasteiger partial charge < -0.3 is 29.4 Å². The predicted octanol–water partition coefficient (Wildman–Crippen LogP) is 37.0. The highest BCUT2D eigenvalue weighted by Gasteiger charge is 2.46. The Morgan fingerprint density at radius 1 is 0.212 bits per heavy atom. The fourth-order valence-corrected chi connectivity index (χ4v) is 29.3. The van der Waals surface area contributed by atoms with E-state index in [-0.39, 0.29) is 21.6 Å². The second-order valence-electron chi connectivity index (χ2n) is 40.8. The van der Waals surface area contributed by atoms with E-state index in [1.165, 1.54) is 222 Å². The largest absolute Gasteiger partial charge is 0.331 e. The van der Waals surface area contributed by atoms with E-state index in [2.05, 4.69) is 491 Å². The number of nitrogens with zero attached hydrogens (tertiary/aromatic N) is 6. The maximum absolute atomic E-state index is 2.63. The van der Waals surface area contributed by atoms with Gasteiger partial charge in [-0.2, -0.15) is 0 Å². The van der Waals surface area contributed by atoms with Crippen molar-refractivity contribution in [3.8, 4) is 0 Å². The molecular formula is C120H148N6S6. The van der Waals surface area contributed by atoms with Crippen LogP contribution in [0.4, 0.5) is 34.1 Å². The van der Waals surface area contributed by atoms with Crippen LogP contribution >= 0.6 is 70.6 Å². The first kappa shape index (κ1) is 99.5. The van der Waals surface area contributed by atoms with Crippen LogP contribution in [0, 0.1) is 75.5 Å².